The molecule has 0 amide bonds. The van der Waals surface area contributed by atoms with E-state index in [1.54, 1.807) is 35.2 Å². The van der Waals surface area contributed by atoms with E-state index in [4.69, 9.17) is 21.1 Å². The van der Waals surface area contributed by atoms with Crippen molar-refractivity contribution in [2.45, 2.75) is 32.4 Å². The lowest BCUT2D eigenvalue weighted by Gasteiger charge is -2.22. The average Bonchev–Trinajstić information content (AvgIpc) is 3.25. The molecule has 3 heterocycles. The molecular weight excluding hydrogens is 414 g/mol. The number of halogens is 1. The van der Waals surface area contributed by atoms with Crippen LogP contribution in [0.4, 0.5) is 0 Å². The largest absolute Gasteiger partial charge is 0.492 e. The molecule has 2 aromatic heterocycles. The molecule has 0 N–H and O–H groups in total. The van der Waals surface area contributed by atoms with Gasteiger partial charge in [0, 0.05) is 30.2 Å². The third kappa shape index (κ3) is 5.46. The molecule has 0 unspecified atom stereocenters. The molecule has 0 spiro atoms. The zero-order valence-electron chi connectivity index (χ0n) is 17.5. The lowest BCUT2D eigenvalue weighted by molar-refractivity contribution is 0.179. The fourth-order valence-corrected chi connectivity index (χ4v) is 3.92. The highest BCUT2D eigenvalue weighted by molar-refractivity contribution is 6.30. The average molecular weight is 440 g/mol. The van der Waals surface area contributed by atoms with E-state index in [2.05, 4.69) is 16.8 Å². The number of rotatable bonds is 8. The number of hydrogen-bond acceptors (Lipinski definition) is 5. The van der Waals surface area contributed by atoms with E-state index in [1.807, 2.05) is 24.3 Å². The van der Waals surface area contributed by atoms with Crippen LogP contribution in [0.25, 0.3) is 5.69 Å². The molecule has 7 heteroatoms. The van der Waals surface area contributed by atoms with E-state index in [1.165, 1.54) is 18.9 Å². The van der Waals surface area contributed by atoms with Crippen LogP contribution in [0.15, 0.2) is 65.7 Å². The van der Waals surface area contributed by atoms with Crippen molar-refractivity contribution in [1.82, 2.24) is 14.5 Å². The van der Waals surface area contributed by atoms with Crippen LogP contribution in [0, 0.1) is 0 Å². The van der Waals surface area contributed by atoms with Gasteiger partial charge in [0.25, 0.3) is 5.56 Å². The summed E-state index contributed by atoms with van der Waals surface area (Å²) < 4.78 is 13.2. The third-order valence-corrected chi connectivity index (χ3v) is 5.75. The molecule has 3 aromatic rings. The number of aromatic nitrogens is 2. The van der Waals surface area contributed by atoms with Crippen LogP contribution < -0.4 is 15.0 Å². The molecule has 1 aromatic carbocycles. The molecule has 31 heavy (non-hydrogen) atoms. The maximum atomic E-state index is 12.6. The maximum Gasteiger partial charge on any atom is 0.258 e. The predicted molar refractivity (Wildman–Crippen MR) is 121 cm³/mol. The van der Waals surface area contributed by atoms with Gasteiger partial charge in [-0.25, -0.2) is 0 Å². The Balaban J connectivity index is 1.36. The van der Waals surface area contributed by atoms with Gasteiger partial charge in [-0.15, -0.1) is 0 Å². The molecule has 0 saturated carbocycles. The normalized spacial score (nSPS) is 16.4. The Morgan fingerprint density at radius 2 is 1.94 bits per heavy atom. The Morgan fingerprint density at radius 3 is 2.65 bits per heavy atom. The molecule has 0 bridgehead atoms. The predicted octanol–water partition coefficient (Wildman–Crippen LogP) is 4.33. The van der Waals surface area contributed by atoms with Gasteiger partial charge >= 0.3 is 0 Å². The number of ether oxygens (including phenoxy) is 2. The first-order valence-corrected chi connectivity index (χ1v) is 10.9. The Labute approximate surface area is 187 Å². The number of hydrogen-bond donors (Lipinski definition) is 0. The van der Waals surface area contributed by atoms with E-state index < -0.39 is 0 Å². The summed E-state index contributed by atoms with van der Waals surface area (Å²) in [5.41, 5.74) is 1.35. The Hall–Kier alpha value is -2.83. The number of likely N-dealkylation sites (N-methyl/N-ethyl adjacent to an activating group) is 1. The highest BCUT2D eigenvalue weighted by Gasteiger charge is 2.23. The molecular formula is C24H26ClN3O3. The summed E-state index contributed by atoms with van der Waals surface area (Å²) in [6.45, 7) is 5.37. The maximum absolute atomic E-state index is 12.6. The highest BCUT2D eigenvalue weighted by Crippen LogP contribution is 2.20. The molecule has 6 nitrogen and oxygen atoms in total. The van der Waals surface area contributed by atoms with Crippen LogP contribution >= 0.6 is 11.6 Å². The molecule has 0 aliphatic carbocycles. The molecule has 162 valence electrons. The summed E-state index contributed by atoms with van der Waals surface area (Å²) in [6, 6.07) is 14.9. The Kier molecular flexibility index (Phi) is 6.89. The lowest BCUT2D eigenvalue weighted by atomic mass is 10.2. The summed E-state index contributed by atoms with van der Waals surface area (Å²) in [7, 11) is 0. The molecule has 4 rings (SSSR count). The number of likely N-dealkylation sites (tertiary alicyclic amines) is 1. The molecule has 1 aliphatic rings. The van der Waals surface area contributed by atoms with Crippen LogP contribution in [0.1, 0.15) is 25.5 Å². The van der Waals surface area contributed by atoms with Gasteiger partial charge in [0.05, 0.1) is 10.7 Å². The minimum absolute atomic E-state index is 0.167. The molecule has 1 fully saturated rings. The Morgan fingerprint density at radius 1 is 1.10 bits per heavy atom. The highest BCUT2D eigenvalue weighted by atomic mass is 35.5. The first-order chi connectivity index (χ1) is 15.1. The third-order valence-electron chi connectivity index (χ3n) is 5.53. The van der Waals surface area contributed by atoms with Crippen molar-refractivity contribution < 1.29 is 9.47 Å². The van der Waals surface area contributed by atoms with E-state index in [-0.39, 0.29) is 12.2 Å². The van der Waals surface area contributed by atoms with Crippen molar-refractivity contribution in [3.05, 3.63) is 82.0 Å². The molecule has 0 radical (unpaired) electrons. The monoisotopic (exact) mass is 439 g/mol. The van der Waals surface area contributed by atoms with Crippen LogP contribution in [0.5, 0.6) is 11.5 Å². The summed E-state index contributed by atoms with van der Waals surface area (Å²) in [4.78, 5) is 19.2. The Bertz CT molecular complexity index is 1050. The van der Waals surface area contributed by atoms with Crippen LogP contribution in [-0.4, -0.2) is 40.2 Å². The van der Waals surface area contributed by atoms with Crippen molar-refractivity contribution in [2.75, 3.05) is 19.7 Å². The summed E-state index contributed by atoms with van der Waals surface area (Å²) in [5.74, 6) is 1.31. The quantitative estimate of drug-likeness (QED) is 0.523. The minimum atomic E-state index is -0.167. The number of pyridine rings is 2. The standard InChI is InChI=1S/C24H26ClN3O3/c1-2-27-12-3-4-21(27)17-31-22-9-7-20(8-10-22)28-13-11-23(14-24(28)29)30-16-19-6-5-18(25)15-26-19/h5-11,13-15,21H,2-4,12,16-17H2,1H3/t21-/m0/s1. The molecule has 1 atom stereocenters. The number of nitrogens with zero attached hydrogens (tertiary/aromatic N) is 3. The second kappa shape index (κ2) is 9.98. The van der Waals surface area contributed by atoms with E-state index in [9.17, 15) is 4.79 Å². The van der Waals surface area contributed by atoms with Crippen molar-refractivity contribution in [1.29, 1.82) is 0 Å². The topological polar surface area (TPSA) is 56.6 Å². The summed E-state index contributed by atoms with van der Waals surface area (Å²) in [5, 5.41) is 0.573. The zero-order chi connectivity index (χ0) is 21.6. The van der Waals surface area contributed by atoms with Gasteiger partial charge in [-0.1, -0.05) is 18.5 Å². The van der Waals surface area contributed by atoms with Gasteiger partial charge in [-0.2, -0.15) is 0 Å². The second-order valence-corrected chi connectivity index (χ2v) is 7.99. The van der Waals surface area contributed by atoms with Gasteiger partial charge in [0.2, 0.25) is 0 Å². The smallest absolute Gasteiger partial charge is 0.258 e. The summed E-state index contributed by atoms with van der Waals surface area (Å²) >= 11 is 5.84. The van der Waals surface area contributed by atoms with Gasteiger partial charge in [-0.05, 0) is 68.4 Å². The van der Waals surface area contributed by atoms with E-state index in [0.29, 0.717) is 23.4 Å². The van der Waals surface area contributed by atoms with Crippen LogP contribution in [0.2, 0.25) is 5.02 Å². The van der Waals surface area contributed by atoms with Gasteiger partial charge in [0.15, 0.2) is 0 Å². The SMILES string of the molecule is CCN1CCC[C@H]1COc1ccc(-n2ccc(OCc3ccc(Cl)cn3)cc2=O)cc1. The van der Waals surface area contributed by atoms with Crippen molar-refractivity contribution in [2.24, 2.45) is 0 Å². The van der Waals surface area contributed by atoms with Gasteiger partial charge in [0.1, 0.15) is 24.7 Å². The number of benzene rings is 1. The first-order valence-electron chi connectivity index (χ1n) is 10.6. The van der Waals surface area contributed by atoms with Gasteiger partial charge < -0.3 is 9.47 Å². The van der Waals surface area contributed by atoms with Crippen molar-refractivity contribution >= 4 is 11.6 Å². The minimum Gasteiger partial charge on any atom is -0.492 e. The van der Waals surface area contributed by atoms with Crippen molar-refractivity contribution in [3.63, 3.8) is 0 Å². The molecule has 1 saturated heterocycles. The fourth-order valence-electron chi connectivity index (χ4n) is 3.81. The van der Waals surface area contributed by atoms with Crippen LogP contribution in [-0.2, 0) is 6.61 Å². The van der Waals surface area contributed by atoms with Crippen LogP contribution in [0.3, 0.4) is 0 Å². The van der Waals surface area contributed by atoms with E-state index >= 15 is 0 Å². The second-order valence-electron chi connectivity index (χ2n) is 7.56. The van der Waals surface area contributed by atoms with E-state index in [0.717, 1.165) is 30.2 Å². The first kappa shape index (κ1) is 21.4. The zero-order valence-corrected chi connectivity index (χ0v) is 18.3. The summed E-state index contributed by atoms with van der Waals surface area (Å²) in [6.07, 6.45) is 5.70. The van der Waals surface area contributed by atoms with Crippen molar-refractivity contribution in [3.8, 4) is 17.2 Å². The fraction of sp³-hybridized carbons (Fsp3) is 0.333. The lowest BCUT2D eigenvalue weighted by Crippen LogP contribution is -2.33. The van der Waals surface area contributed by atoms with Gasteiger partial charge in [-0.3, -0.25) is 19.2 Å². The molecule has 1 aliphatic heterocycles.